The molecule has 0 aliphatic carbocycles. The van der Waals surface area contributed by atoms with Crippen LogP contribution in [0.25, 0.3) is 0 Å². The molecule has 1 rings (SSSR count). The van der Waals surface area contributed by atoms with Gasteiger partial charge in [-0.15, -0.1) is 0 Å². The summed E-state index contributed by atoms with van der Waals surface area (Å²) in [5.41, 5.74) is -1.05. The van der Waals surface area contributed by atoms with Crippen molar-refractivity contribution in [2.75, 3.05) is 0 Å². The Morgan fingerprint density at radius 3 is 3.00 bits per heavy atom. The Morgan fingerprint density at radius 2 is 2.22 bits per heavy atom. The van der Waals surface area contributed by atoms with Crippen LogP contribution in [-0.2, 0) is 0 Å². The molecule has 1 aromatic heterocycles. The Balaban J connectivity index is 3.56. The molecule has 9 heavy (non-hydrogen) atoms. The molecule has 4 nitrogen and oxygen atoms in total. The molecule has 1 aromatic rings. The highest BCUT2D eigenvalue weighted by atomic mass is 16.2. The van der Waals surface area contributed by atoms with Gasteiger partial charge in [0, 0.05) is 12.3 Å². The van der Waals surface area contributed by atoms with Crippen LogP contribution in [0, 0.1) is 0 Å². The Morgan fingerprint density at radius 1 is 1.44 bits per heavy atom. The highest BCUT2D eigenvalue weighted by Gasteiger charge is 1.78. The van der Waals surface area contributed by atoms with Crippen LogP contribution in [0.3, 0.4) is 0 Å². The van der Waals surface area contributed by atoms with E-state index in [9.17, 15) is 9.59 Å². The van der Waals surface area contributed by atoms with Crippen LogP contribution >= 0.6 is 0 Å². The number of aromatic amines is 1. The topological polar surface area (TPSA) is 62.8 Å². The van der Waals surface area contributed by atoms with Gasteiger partial charge in [-0.05, 0) is 6.07 Å². The Hall–Kier alpha value is -1.45. The molecule has 1 N–H and O–H groups in total. The first-order valence-electron chi connectivity index (χ1n) is 2.35. The average Bonchev–Trinajstić information content (AvgIpc) is 1.93. The summed E-state index contributed by atoms with van der Waals surface area (Å²) in [6, 6.07) is 2.63. The van der Waals surface area contributed by atoms with E-state index in [-0.39, 0.29) is 0 Å². The van der Waals surface area contributed by atoms with Crippen molar-refractivity contribution < 1.29 is 0 Å². The average molecular weight is 124 g/mol. The summed E-state index contributed by atoms with van der Waals surface area (Å²) < 4.78 is 0. The van der Waals surface area contributed by atoms with Crippen molar-refractivity contribution in [2.24, 2.45) is 0 Å². The lowest BCUT2D eigenvalue weighted by molar-refractivity contribution is 1.09. The summed E-state index contributed by atoms with van der Waals surface area (Å²) in [5.74, 6) is 0. The van der Waals surface area contributed by atoms with Crippen LogP contribution in [0.1, 0.15) is 0 Å². The molecule has 4 heteroatoms. The van der Waals surface area contributed by atoms with Gasteiger partial charge in [0.15, 0.2) is 0 Å². The normalized spacial score (nSPS) is 8.89. The summed E-state index contributed by atoms with van der Waals surface area (Å²) in [5, 5.41) is 0. The first kappa shape index (κ1) is 5.68. The Kier molecular flexibility index (Phi) is 1.40. The third-order valence-corrected chi connectivity index (χ3v) is 0.756. The van der Waals surface area contributed by atoms with E-state index >= 15 is 0 Å². The first-order chi connectivity index (χ1) is 4.29. The van der Waals surface area contributed by atoms with Gasteiger partial charge >= 0.3 is 5.69 Å². The maximum atomic E-state index is 10.4. The van der Waals surface area contributed by atoms with Crippen molar-refractivity contribution in [3.63, 3.8) is 0 Å². The van der Waals surface area contributed by atoms with Crippen molar-refractivity contribution in [2.45, 2.75) is 0 Å². The van der Waals surface area contributed by atoms with E-state index in [4.69, 9.17) is 0 Å². The second-order valence-electron chi connectivity index (χ2n) is 1.43. The number of hydrogen-bond acceptors (Lipinski definition) is 3. The predicted octanol–water partition coefficient (Wildman–Crippen LogP) is -0.870. The molecule has 0 spiro atoms. The van der Waals surface area contributed by atoms with Gasteiger partial charge in [0.2, 0.25) is 0 Å². The van der Waals surface area contributed by atoms with Crippen molar-refractivity contribution >= 4 is 0 Å². The van der Waals surface area contributed by atoms with Crippen LogP contribution in [-0.4, -0.2) is 9.97 Å². The van der Waals surface area contributed by atoms with Crippen LogP contribution in [0.4, 0.5) is 0 Å². The van der Waals surface area contributed by atoms with E-state index in [0.717, 1.165) is 0 Å². The van der Waals surface area contributed by atoms with Gasteiger partial charge in [-0.25, -0.2) is 9.78 Å². The van der Waals surface area contributed by atoms with Gasteiger partial charge < -0.3 is 0 Å². The van der Waals surface area contributed by atoms with Gasteiger partial charge in [-0.1, -0.05) is 0 Å². The van der Waals surface area contributed by atoms with Gasteiger partial charge in [0.25, 0.3) is 5.56 Å². The van der Waals surface area contributed by atoms with E-state index in [1.54, 1.807) is 0 Å². The zero-order valence-electron chi connectivity index (χ0n) is 4.50. The van der Waals surface area contributed by atoms with Gasteiger partial charge in [0.1, 0.15) is 0 Å². The predicted molar refractivity (Wildman–Crippen MR) is 31.1 cm³/mol. The number of rotatable bonds is 0. The molecule has 0 bridgehead atoms. The summed E-state index contributed by atoms with van der Waals surface area (Å²) >= 11 is 0. The fourth-order valence-corrected chi connectivity index (χ4v) is 0.420. The second kappa shape index (κ2) is 2.21. The zero-order chi connectivity index (χ0) is 6.69. The Bertz CT molecular complexity index is 274. The third-order valence-electron chi connectivity index (χ3n) is 0.756. The lowest BCUT2D eigenvalue weighted by Gasteiger charge is -1.61. The van der Waals surface area contributed by atoms with Gasteiger partial charge in [0.05, 0.1) is 0 Å². The quantitative estimate of drug-likeness (QED) is 0.489. The van der Waals surface area contributed by atoms with E-state index in [1.807, 2.05) is 4.98 Å². The fourth-order valence-electron chi connectivity index (χ4n) is 0.420. The maximum Gasteiger partial charge on any atom is 0.347 e. The van der Waals surface area contributed by atoms with E-state index in [0.29, 0.717) is 0 Å². The molecule has 0 radical (unpaired) electrons. The molecule has 0 saturated heterocycles. The van der Waals surface area contributed by atoms with Crippen LogP contribution in [0.15, 0.2) is 27.9 Å². The number of nitrogens with zero attached hydrogens (tertiary/aromatic N) is 1. The zero-order valence-corrected chi connectivity index (χ0v) is 4.50. The van der Waals surface area contributed by atoms with Gasteiger partial charge in [-0.3, -0.25) is 9.78 Å². The van der Waals surface area contributed by atoms with Crippen LogP contribution < -0.4 is 11.2 Å². The lowest BCUT2D eigenvalue weighted by atomic mass is 10.6. The third kappa shape index (κ3) is 1.49. The minimum atomic E-state index is -0.620. The largest absolute Gasteiger partial charge is 0.347 e. The minimum Gasteiger partial charge on any atom is -0.273 e. The van der Waals surface area contributed by atoms with E-state index in [1.165, 1.54) is 18.3 Å². The highest BCUT2D eigenvalue weighted by molar-refractivity contribution is 4.82. The lowest BCUT2D eigenvalue weighted by Crippen LogP contribution is -2.14. The van der Waals surface area contributed by atoms with Crippen molar-refractivity contribution in [1.29, 1.82) is 0 Å². The van der Waals surface area contributed by atoms with Crippen molar-refractivity contribution in [1.82, 2.24) is 9.97 Å². The molecule has 0 fully saturated rings. The molecule has 0 amide bonds. The number of hydrogen-bond donors (Lipinski definition) is 1. The molecule has 1 heterocycles. The van der Waals surface area contributed by atoms with Crippen LogP contribution in [0.2, 0.25) is 0 Å². The monoisotopic (exact) mass is 124 g/mol. The highest BCUT2D eigenvalue weighted by Crippen LogP contribution is 1.58. The molecule has 0 unspecified atom stereocenters. The SMILES string of the molecule is O=c1cccnc(=O)[nH]1. The molecule has 0 aliphatic heterocycles. The van der Waals surface area contributed by atoms with Crippen molar-refractivity contribution in [3.8, 4) is 0 Å². The first-order valence-corrected chi connectivity index (χ1v) is 2.35. The molecular weight excluding hydrogens is 120 g/mol. The molecule has 0 saturated carbocycles. The molecule has 0 atom stereocenters. The maximum absolute atomic E-state index is 10.4. The van der Waals surface area contributed by atoms with E-state index in [2.05, 4.69) is 4.98 Å². The summed E-state index contributed by atoms with van der Waals surface area (Å²) in [4.78, 5) is 26.0. The van der Waals surface area contributed by atoms with Crippen molar-refractivity contribution in [3.05, 3.63) is 39.2 Å². The Labute approximate surface area is 50.2 Å². The molecule has 46 valence electrons. The molecule has 0 aliphatic rings. The summed E-state index contributed by atoms with van der Waals surface area (Å²) in [6.45, 7) is 0. The fraction of sp³-hybridized carbons (Fsp3) is 0. The van der Waals surface area contributed by atoms with E-state index < -0.39 is 11.2 Å². The van der Waals surface area contributed by atoms with Crippen LogP contribution in [0.5, 0.6) is 0 Å². The number of aromatic nitrogens is 2. The van der Waals surface area contributed by atoms with Gasteiger partial charge in [-0.2, -0.15) is 0 Å². The summed E-state index contributed by atoms with van der Waals surface area (Å²) in [6.07, 6.45) is 1.26. The molecule has 0 aromatic carbocycles. The molecular formula is C5H4N2O2. The number of H-pyrrole nitrogens is 1. The second-order valence-corrected chi connectivity index (χ2v) is 1.43. The summed E-state index contributed by atoms with van der Waals surface area (Å²) in [7, 11) is 0. The standard InChI is InChI=1S/C5H4N2O2/c8-4-2-1-3-6-5(9)7-4/h1-3H,(H,7,8,9). The minimum absolute atomic E-state index is 0.433. The smallest absolute Gasteiger partial charge is 0.273 e. The number of nitrogens with one attached hydrogen (secondary N) is 1.